The molecule has 0 aromatic heterocycles. The van der Waals surface area contributed by atoms with Gasteiger partial charge in [-0.25, -0.2) is 8.42 Å². The molecular formula is C26H29N3O3S. The van der Waals surface area contributed by atoms with Crippen molar-refractivity contribution >= 4 is 21.6 Å². The summed E-state index contributed by atoms with van der Waals surface area (Å²) in [5.41, 5.74) is 3.02. The molecule has 0 N–H and O–H groups in total. The zero-order valence-electron chi connectivity index (χ0n) is 19.0. The summed E-state index contributed by atoms with van der Waals surface area (Å²) in [5, 5.41) is 0. The zero-order valence-corrected chi connectivity index (χ0v) is 19.8. The van der Waals surface area contributed by atoms with Crippen molar-refractivity contribution in [1.82, 2.24) is 9.80 Å². The third kappa shape index (κ3) is 5.10. The highest BCUT2D eigenvalue weighted by Crippen LogP contribution is 2.27. The van der Waals surface area contributed by atoms with Crippen LogP contribution in [0.5, 0.6) is 0 Å². The number of carbonyl (C=O) groups excluding carboxylic acids is 1. The molecule has 1 aliphatic heterocycles. The fourth-order valence-electron chi connectivity index (χ4n) is 4.05. The lowest BCUT2D eigenvalue weighted by Gasteiger charge is -2.35. The fourth-order valence-corrected chi connectivity index (χ4v) is 5.26. The van der Waals surface area contributed by atoms with Gasteiger partial charge in [-0.05, 0) is 36.8 Å². The SMILES string of the molecule is Cc1ccc(S(=O)(=O)N(C)c2ccccc2C(=O)N2CCN(Cc3ccccc3)CC2)cc1. The van der Waals surface area contributed by atoms with Gasteiger partial charge in [-0.1, -0.05) is 60.2 Å². The third-order valence-electron chi connectivity index (χ3n) is 6.06. The van der Waals surface area contributed by atoms with Gasteiger partial charge in [-0.15, -0.1) is 0 Å². The number of anilines is 1. The van der Waals surface area contributed by atoms with Crippen LogP contribution in [0, 0.1) is 6.92 Å². The molecule has 3 aromatic carbocycles. The molecule has 3 aromatic rings. The van der Waals surface area contributed by atoms with Crippen LogP contribution >= 0.6 is 0 Å². The number of piperazine rings is 1. The molecule has 0 saturated carbocycles. The first kappa shape index (κ1) is 23.0. The number of nitrogens with zero attached hydrogens (tertiary/aromatic N) is 3. The van der Waals surface area contributed by atoms with Gasteiger partial charge < -0.3 is 4.90 Å². The zero-order chi connectivity index (χ0) is 23.4. The Labute approximate surface area is 196 Å². The molecule has 0 bridgehead atoms. The summed E-state index contributed by atoms with van der Waals surface area (Å²) >= 11 is 0. The van der Waals surface area contributed by atoms with Crippen LogP contribution in [0.25, 0.3) is 0 Å². The molecule has 33 heavy (non-hydrogen) atoms. The van der Waals surface area contributed by atoms with Crippen LogP contribution in [0.3, 0.4) is 0 Å². The van der Waals surface area contributed by atoms with E-state index < -0.39 is 10.0 Å². The minimum atomic E-state index is -3.78. The molecular weight excluding hydrogens is 434 g/mol. The van der Waals surface area contributed by atoms with E-state index in [4.69, 9.17) is 0 Å². The predicted molar refractivity (Wildman–Crippen MR) is 131 cm³/mol. The molecule has 0 atom stereocenters. The normalized spacial score (nSPS) is 14.8. The minimum Gasteiger partial charge on any atom is -0.336 e. The van der Waals surface area contributed by atoms with Crippen molar-refractivity contribution in [1.29, 1.82) is 0 Å². The van der Waals surface area contributed by atoms with Crippen LogP contribution in [0.4, 0.5) is 5.69 Å². The summed E-state index contributed by atoms with van der Waals surface area (Å²) in [6, 6.07) is 23.9. The van der Waals surface area contributed by atoms with E-state index in [1.807, 2.05) is 30.0 Å². The Bertz CT molecular complexity index is 1200. The number of hydrogen-bond acceptors (Lipinski definition) is 4. The third-order valence-corrected chi connectivity index (χ3v) is 7.85. The number of benzene rings is 3. The van der Waals surface area contributed by atoms with E-state index in [2.05, 4.69) is 17.0 Å². The van der Waals surface area contributed by atoms with Crippen LogP contribution in [-0.4, -0.2) is 57.4 Å². The Morgan fingerprint density at radius 2 is 1.45 bits per heavy atom. The first-order valence-corrected chi connectivity index (χ1v) is 12.5. The quantitative estimate of drug-likeness (QED) is 0.558. The van der Waals surface area contributed by atoms with Crippen molar-refractivity contribution in [3.05, 3.63) is 95.6 Å². The summed E-state index contributed by atoms with van der Waals surface area (Å²) < 4.78 is 27.6. The number of rotatable bonds is 6. The maximum absolute atomic E-state index is 13.4. The topological polar surface area (TPSA) is 60.9 Å². The number of para-hydroxylation sites is 1. The van der Waals surface area contributed by atoms with Crippen molar-refractivity contribution in [3.8, 4) is 0 Å². The molecule has 1 saturated heterocycles. The minimum absolute atomic E-state index is 0.143. The second-order valence-electron chi connectivity index (χ2n) is 8.36. The monoisotopic (exact) mass is 463 g/mol. The van der Waals surface area contributed by atoms with Crippen LogP contribution in [0.1, 0.15) is 21.5 Å². The van der Waals surface area contributed by atoms with E-state index in [-0.39, 0.29) is 10.8 Å². The first-order chi connectivity index (χ1) is 15.9. The predicted octanol–water partition coefficient (Wildman–Crippen LogP) is 3.78. The lowest BCUT2D eigenvalue weighted by Crippen LogP contribution is -2.48. The van der Waals surface area contributed by atoms with Crippen LogP contribution in [-0.2, 0) is 16.6 Å². The summed E-state index contributed by atoms with van der Waals surface area (Å²) in [6.45, 7) is 5.54. The molecule has 7 heteroatoms. The maximum atomic E-state index is 13.4. The van der Waals surface area contributed by atoms with E-state index in [9.17, 15) is 13.2 Å². The van der Waals surface area contributed by atoms with Gasteiger partial charge in [0.15, 0.2) is 0 Å². The molecule has 6 nitrogen and oxygen atoms in total. The van der Waals surface area contributed by atoms with Crippen molar-refractivity contribution in [2.45, 2.75) is 18.4 Å². The highest BCUT2D eigenvalue weighted by Gasteiger charge is 2.28. The second-order valence-corrected chi connectivity index (χ2v) is 10.3. The average molecular weight is 464 g/mol. The van der Waals surface area contributed by atoms with Crippen molar-refractivity contribution in [2.75, 3.05) is 37.5 Å². The number of amides is 1. The number of hydrogen-bond donors (Lipinski definition) is 0. The molecule has 1 aliphatic rings. The molecule has 0 unspecified atom stereocenters. The van der Waals surface area contributed by atoms with Gasteiger partial charge >= 0.3 is 0 Å². The van der Waals surface area contributed by atoms with Crippen LogP contribution < -0.4 is 4.31 Å². The van der Waals surface area contributed by atoms with Gasteiger partial charge in [0.2, 0.25) is 0 Å². The van der Waals surface area contributed by atoms with E-state index in [0.717, 1.165) is 25.2 Å². The van der Waals surface area contributed by atoms with Gasteiger partial charge in [0, 0.05) is 39.8 Å². The standard InChI is InChI=1S/C26H29N3O3S/c1-21-12-14-23(15-13-21)33(31,32)27(2)25-11-7-6-10-24(25)26(30)29-18-16-28(17-19-29)20-22-8-4-3-5-9-22/h3-15H,16-20H2,1-2H3. The Kier molecular flexibility index (Phi) is 6.81. The maximum Gasteiger partial charge on any atom is 0.264 e. The van der Waals surface area contributed by atoms with Gasteiger partial charge in [0.25, 0.3) is 15.9 Å². The Balaban J connectivity index is 1.49. The highest BCUT2D eigenvalue weighted by molar-refractivity contribution is 7.92. The average Bonchev–Trinajstić information content (AvgIpc) is 2.84. The molecule has 1 heterocycles. The molecule has 1 amide bonds. The number of carbonyl (C=O) groups is 1. The fraction of sp³-hybridized carbons (Fsp3) is 0.269. The van der Waals surface area contributed by atoms with Crippen molar-refractivity contribution < 1.29 is 13.2 Å². The highest BCUT2D eigenvalue weighted by atomic mass is 32.2. The van der Waals surface area contributed by atoms with E-state index in [1.165, 1.54) is 16.9 Å². The van der Waals surface area contributed by atoms with Crippen molar-refractivity contribution in [2.24, 2.45) is 0 Å². The molecule has 0 aliphatic carbocycles. The smallest absolute Gasteiger partial charge is 0.264 e. The Morgan fingerprint density at radius 1 is 0.848 bits per heavy atom. The summed E-state index contributed by atoms with van der Waals surface area (Å²) in [4.78, 5) is 17.7. The van der Waals surface area contributed by atoms with Crippen LogP contribution in [0.15, 0.2) is 83.8 Å². The van der Waals surface area contributed by atoms with Gasteiger partial charge in [0.1, 0.15) is 0 Å². The Morgan fingerprint density at radius 3 is 2.12 bits per heavy atom. The molecule has 0 radical (unpaired) electrons. The summed E-state index contributed by atoms with van der Waals surface area (Å²) in [6.07, 6.45) is 0. The van der Waals surface area contributed by atoms with E-state index >= 15 is 0 Å². The van der Waals surface area contributed by atoms with Gasteiger partial charge in [-0.2, -0.15) is 0 Å². The lowest BCUT2D eigenvalue weighted by molar-refractivity contribution is 0.0629. The lowest BCUT2D eigenvalue weighted by atomic mass is 10.1. The van der Waals surface area contributed by atoms with Crippen molar-refractivity contribution in [3.63, 3.8) is 0 Å². The van der Waals surface area contributed by atoms with E-state index in [0.29, 0.717) is 24.3 Å². The van der Waals surface area contributed by atoms with E-state index in [1.54, 1.807) is 48.5 Å². The first-order valence-electron chi connectivity index (χ1n) is 11.1. The molecule has 1 fully saturated rings. The molecule has 4 rings (SSSR count). The number of aryl methyl sites for hydroxylation is 1. The van der Waals surface area contributed by atoms with Crippen LogP contribution in [0.2, 0.25) is 0 Å². The largest absolute Gasteiger partial charge is 0.336 e. The van der Waals surface area contributed by atoms with Gasteiger partial charge in [-0.3, -0.25) is 14.0 Å². The molecule has 0 spiro atoms. The van der Waals surface area contributed by atoms with Gasteiger partial charge in [0.05, 0.1) is 16.1 Å². The Hall–Kier alpha value is -3.16. The second kappa shape index (κ2) is 9.77. The number of sulfonamides is 1. The summed E-state index contributed by atoms with van der Waals surface area (Å²) in [7, 11) is -2.29. The summed E-state index contributed by atoms with van der Waals surface area (Å²) in [5.74, 6) is -0.143. The molecule has 172 valence electrons.